The Bertz CT molecular complexity index is 529. The van der Waals surface area contributed by atoms with Crippen LogP contribution in [0.1, 0.15) is 44.7 Å². The van der Waals surface area contributed by atoms with Crippen LogP contribution in [-0.4, -0.2) is 29.6 Å². The van der Waals surface area contributed by atoms with Crippen LogP contribution < -0.4 is 21.5 Å². The fourth-order valence-corrected chi connectivity index (χ4v) is 3.74. The van der Waals surface area contributed by atoms with Gasteiger partial charge in [0.15, 0.2) is 0 Å². The molecule has 7 heteroatoms. The maximum atomic E-state index is 12.6. The van der Waals surface area contributed by atoms with Crippen LogP contribution in [0, 0.1) is 11.8 Å². The number of hydrazine groups is 1. The number of carbonyl (C=O) groups is 1. The van der Waals surface area contributed by atoms with E-state index in [1.54, 1.807) is 0 Å². The monoisotopic (exact) mass is 353 g/mol. The molecule has 5 atom stereocenters. The van der Waals surface area contributed by atoms with Crippen LogP contribution in [0.3, 0.4) is 0 Å². The normalized spacial score (nSPS) is 32.8. The van der Waals surface area contributed by atoms with Crippen LogP contribution >= 0.6 is 12.4 Å². The molecular weight excluding hydrogens is 326 g/mol. The van der Waals surface area contributed by atoms with Crippen LogP contribution in [-0.2, 0) is 4.79 Å². The van der Waals surface area contributed by atoms with E-state index >= 15 is 0 Å². The molecule has 6 nitrogen and oxygen atoms in total. The molecule has 0 saturated carbocycles. The minimum absolute atomic E-state index is 0. The largest absolute Gasteiger partial charge is 0.339 e. The summed E-state index contributed by atoms with van der Waals surface area (Å²) in [7, 11) is 0. The van der Waals surface area contributed by atoms with Crippen molar-refractivity contribution in [1.29, 1.82) is 0 Å². The smallest absolute Gasteiger partial charge is 0.224 e. The third kappa shape index (κ3) is 4.25. The van der Waals surface area contributed by atoms with Crippen molar-refractivity contribution in [3.63, 3.8) is 0 Å². The van der Waals surface area contributed by atoms with E-state index in [0.717, 1.165) is 25.8 Å². The van der Waals surface area contributed by atoms with Crippen LogP contribution in [0.2, 0.25) is 0 Å². The quantitative estimate of drug-likeness (QED) is 0.660. The molecule has 1 aromatic rings. The van der Waals surface area contributed by atoms with E-state index in [-0.39, 0.29) is 36.4 Å². The van der Waals surface area contributed by atoms with Crippen LogP contribution in [0.5, 0.6) is 0 Å². The molecule has 3 unspecified atom stereocenters. The molecule has 2 fully saturated rings. The second-order valence-electron chi connectivity index (χ2n) is 6.68. The molecule has 0 radical (unpaired) electrons. The summed E-state index contributed by atoms with van der Waals surface area (Å²) >= 11 is 0. The number of rotatable bonds is 4. The molecule has 3 heterocycles. The first kappa shape index (κ1) is 19.1. The third-order valence-electron chi connectivity index (χ3n) is 5.08. The van der Waals surface area contributed by atoms with Gasteiger partial charge in [0.05, 0.1) is 12.2 Å². The van der Waals surface area contributed by atoms with Gasteiger partial charge < -0.3 is 10.6 Å². The molecule has 4 N–H and O–H groups in total. The topological polar surface area (TPSA) is 78.1 Å². The molecule has 0 spiro atoms. The molecule has 1 amide bonds. The fourth-order valence-electron chi connectivity index (χ4n) is 3.74. The minimum atomic E-state index is -0.0316. The third-order valence-corrected chi connectivity index (χ3v) is 5.08. The number of aromatic nitrogens is 1. The van der Waals surface area contributed by atoms with Crippen molar-refractivity contribution in [2.45, 2.75) is 51.4 Å². The number of halogens is 1. The molecule has 0 aliphatic carbocycles. The maximum Gasteiger partial charge on any atom is 0.224 e. The summed E-state index contributed by atoms with van der Waals surface area (Å²) in [6.45, 7) is 5.23. The number of piperidine rings is 1. The number of nitrogens with one attached hydrogen (secondary N) is 4. The Labute approximate surface area is 150 Å². The summed E-state index contributed by atoms with van der Waals surface area (Å²) in [5.41, 5.74) is 7.81. The van der Waals surface area contributed by atoms with E-state index in [2.05, 4.69) is 40.3 Å². The van der Waals surface area contributed by atoms with Gasteiger partial charge in [-0.15, -0.1) is 12.4 Å². The molecule has 2 aliphatic heterocycles. The number of carbonyl (C=O) groups excluding carboxylic acids is 1. The molecule has 0 bridgehead atoms. The van der Waals surface area contributed by atoms with Gasteiger partial charge in [-0.05, 0) is 50.4 Å². The molecule has 3 rings (SSSR count). The number of pyridine rings is 1. The lowest BCUT2D eigenvalue weighted by Crippen LogP contribution is -2.51. The molecular formula is C17H28ClN5O. The van der Waals surface area contributed by atoms with Gasteiger partial charge in [-0.25, -0.2) is 10.9 Å². The van der Waals surface area contributed by atoms with Gasteiger partial charge in [0.1, 0.15) is 0 Å². The predicted molar refractivity (Wildman–Crippen MR) is 96.4 cm³/mol. The second-order valence-corrected chi connectivity index (χ2v) is 6.68. The standard InChI is InChI=1S/C17H27N5O.ClH/c1-3-14-15(12-4-7-18-8-5-12)21-22-16(14)20-17(23)13-6-9-19-11(2)10-13;/h4-5,7-8,11,13-16,19,21-22H,3,6,9-10H2,1-2H3,(H,20,23);1H/t11-,13-,14?,15?,16?;/m0./s1. The van der Waals surface area contributed by atoms with Crippen molar-refractivity contribution >= 4 is 18.3 Å². The first-order valence-electron chi connectivity index (χ1n) is 8.63. The van der Waals surface area contributed by atoms with E-state index in [1.165, 1.54) is 5.56 Å². The van der Waals surface area contributed by atoms with E-state index < -0.39 is 0 Å². The summed E-state index contributed by atoms with van der Waals surface area (Å²) in [6.07, 6.45) is 6.41. The van der Waals surface area contributed by atoms with Gasteiger partial charge in [-0.1, -0.05) is 6.92 Å². The minimum Gasteiger partial charge on any atom is -0.339 e. The summed E-state index contributed by atoms with van der Waals surface area (Å²) in [6, 6.07) is 4.67. The molecule has 0 aromatic carbocycles. The van der Waals surface area contributed by atoms with Crippen molar-refractivity contribution in [1.82, 2.24) is 26.5 Å². The highest BCUT2D eigenvalue weighted by molar-refractivity contribution is 5.85. The van der Waals surface area contributed by atoms with E-state index in [0.29, 0.717) is 12.0 Å². The van der Waals surface area contributed by atoms with Crippen molar-refractivity contribution in [2.75, 3.05) is 6.54 Å². The average molecular weight is 354 g/mol. The Kier molecular flexibility index (Phi) is 6.98. The lowest BCUT2D eigenvalue weighted by Gasteiger charge is -2.29. The molecule has 1 aromatic heterocycles. The van der Waals surface area contributed by atoms with Gasteiger partial charge >= 0.3 is 0 Å². The average Bonchev–Trinajstić information content (AvgIpc) is 2.98. The van der Waals surface area contributed by atoms with Crippen LogP contribution in [0.25, 0.3) is 0 Å². The van der Waals surface area contributed by atoms with Crippen molar-refractivity contribution < 1.29 is 4.79 Å². The first-order chi connectivity index (χ1) is 11.2. The molecule has 2 aliphatic rings. The summed E-state index contributed by atoms with van der Waals surface area (Å²) in [5, 5.41) is 6.61. The van der Waals surface area contributed by atoms with E-state index in [9.17, 15) is 4.79 Å². The van der Waals surface area contributed by atoms with Gasteiger partial charge in [0.2, 0.25) is 5.91 Å². The Morgan fingerprint density at radius 3 is 2.75 bits per heavy atom. The maximum absolute atomic E-state index is 12.6. The summed E-state index contributed by atoms with van der Waals surface area (Å²) in [4.78, 5) is 16.7. The second kappa shape index (κ2) is 8.76. The zero-order valence-electron chi connectivity index (χ0n) is 14.3. The highest BCUT2D eigenvalue weighted by Gasteiger charge is 2.37. The Hall–Kier alpha value is -1.21. The van der Waals surface area contributed by atoms with Crippen molar-refractivity contribution in [3.05, 3.63) is 30.1 Å². The molecule has 2 saturated heterocycles. The van der Waals surface area contributed by atoms with Gasteiger partial charge in [-0.3, -0.25) is 9.78 Å². The van der Waals surface area contributed by atoms with Gasteiger partial charge in [-0.2, -0.15) is 0 Å². The Morgan fingerprint density at radius 1 is 1.33 bits per heavy atom. The van der Waals surface area contributed by atoms with Gasteiger partial charge in [0.25, 0.3) is 0 Å². The lowest BCUT2D eigenvalue weighted by atomic mass is 9.89. The number of amides is 1. The SMILES string of the molecule is CCC1C(NC(=O)[C@H]2CCN[C@@H](C)C2)NNC1c1ccncc1.Cl. The predicted octanol–water partition coefficient (Wildman–Crippen LogP) is 1.51. The number of hydrogen-bond donors (Lipinski definition) is 4. The number of hydrogen-bond acceptors (Lipinski definition) is 5. The Balaban J connectivity index is 0.00000208. The zero-order valence-corrected chi connectivity index (χ0v) is 15.1. The van der Waals surface area contributed by atoms with Crippen LogP contribution in [0.4, 0.5) is 0 Å². The highest BCUT2D eigenvalue weighted by atomic mass is 35.5. The molecule has 24 heavy (non-hydrogen) atoms. The van der Waals surface area contributed by atoms with Gasteiger partial charge in [0, 0.05) is 30.3 Å². The highest BCUT2D eigenvalue weighted by Crippen LogP contribution is 2.30. The number of nitrogens with zero attached hydrogens (tertiary/aromatic N) is 1. The van der Waals surface area contributed by atoms with Crippen molar-refractivity contribution in [2.24, 2.45) is 11.8 Å². The lowest BCUT2D eigenvalue weighted by molar-refractivity contribution is -0.127. The summed E-state index contributed by atoms with van der Waals surface area (Å²) < 4.78 is 0. The van der Waals surface area contributed by atoms with E-state index in [1.807, 2.05) is 24.5 Å². The summed E-state index contributed by atoms with van der Waals surface area (Å²) in [5.74, 6) is 0.609. The zero-order chi connectivity index (χ0) is 16.2. The van der Waals surface area contributed by atoms with Crippen LogP contribution in [0.15, 0.2) is 24.5 Å². The Morgan fingerprint density at radius 2 is 2.08 bits per heavy atom. The first-order valence-corrected chi connectivity index (χ1v) is 8.63. The molecule has 134 valence electrons. The van der Waals surface area contributed by atoms with Crippen molar-refractivity contribution in [3.8, 4) is 0 Å². The van der Waals surface area contributed by atoms with E-state index in [4.69, 9.17) is 0 Å². The fraction of sp³-hybridized carbons (Fsp3) is 0.647.